The summed E-state index contributed by atoms with van der Waals surface area (Å²) in [6.07, 6.45) is 3.19. The first-order chi connectivity index (χ1) is 16.0. The van der Waals surface area contributed by atoms with Crippen molar-refractivity contribution < 1.29 is 19.2 Å². The maximum Gasteiger partial charge on any atom is 0.274 e. The van der Waals surface area contributed by atoms with E-state index in [0.717, 1.165) is 23.4 Å². The quantitative estimate of drug-likeness (QED) is 0.478. The number of nitrogens with one attached hydrogen (secondary N) is 1. The molecule has 3 aromatic heterocycles. The summed E-state index contributed by atoms with van der Waals surface area (Å²) in [6, 6.07) is 9.49. The highest BCUT2D eigenvalue weighted by molar-refractivity contribution is 6.04. The molecular weight excluding hydrogens is 424 g/mol. The molecule has 4 aromatic rings. The van der Waals surface area contributed by atoms with Crippen LogP contribution in [-0.4, -0.2) is 62.9 Å². The third-order valence-electron chi connectivity index (χ3n) is 5.71. The molecule has 33 heavy (non-hydrogen) atoms. The number of nitrogens with zero attached hydrogens (tertiary/aromatic N) is 5. The minimum atomic E-state index is -0.272. The van der Waals surface area contributed by atoms with Crippen LogP contribution in [0.5, 0.6) is 0 Å². The molecule has 1 aliphatic heterocycles. The largest absolute Gasteiger partial charge is 0.394 e. The van der Waals surface area contributed by atoms with Gasteiger partial charge in [-0.25, -0.2) is 4.98 Å². The van der Waals surface area contributed by atoms with Gasteiger partial charge < -0.3 is 24.6 Å². The number of carbonyl (C=O) groups excluding carboxylic acids is 1. The highest BCUT2D eigenvalue weighted by atomic mass is 16.5. The number of hydrogen-bond acceptors (Lipinski definition) is 8. The number of morpholine rings is 1. The van der Waals surface area contributed by atoms with Crippen LogP contribution in [0.15, 0.2) is 47.2 Å². The minimum Gasteiger partial charge on any atom is -0.394 e. The standard InChI is InChI=1S/C23H24N6O4/c1-14-3-4-16(22-25-15(2)33-27-22)9-19(14)26-23(31)20-11-24-21-10-17(5-6-29(20)21)28-7-8-32-18(12-28)13-30/h3-6,9-11,18,30H,7-8,12-13H2,1-2H3,(H,26,31)/t18-/m1/s1. The minimum absolute atomic E-state index is 0.0145. The summed E-state index contributed by atoms with van der Waals surface area (Å²) in [7, 11) is 0. The molecule has 0 bridgehead atoms. The number of aliphatic hydroxyl groups excluding tert-OH is 1. The summed E-state index contributed by atoms with van der Waals surface area (Å²) >= 11 is 0. The van der Waals surface area contributed by atoms with Crippen molar-refractivity contribution in [2.24, 2.45) is 0 Å². The summed E-state index contributed by atoms with van der Waals surface area (Å²) in [5.74, 6) is 0.675. The number of imidazole rings is 1. The second-order valence-electron chi connectivity index (χ2n) is 8.00. The number of aryl methyl sites for hydroxylation is 2. The molecule has 1 aromatic carbocycles. The molecule has 0 aliphatic carbocycles. The van der Waals surface area contributed by atoms with Crippen molar-refractivity contribution in [3.8, 4) is 11.4 Å². The van der Waals surface area contributed by atoms with Crippen LogP contribution in [0, 0.1) is 13.8 Å². The summed E-state index contributed by atoms with van der Waals surface area (Å²) in [5, 5.41) is 16.3. The van der Waals surface area contributed by atoms with Gasteiger partial charge in [0.25, 0.3) is 5.91 Å². The van der Waals surface area contributed by atoms with Crippen molar-refractivity contribution >= 4 is 22.9 Å². The molecule has 0 unspecified atom stereocenters. The van der Waals surface area contributed by atoms with E-state index in [1.807, 2.05) is 43.5 Å². The van der Waals surface area contributed by atoms with Gasteiger partial charge in [-0.05, 0) is 24.6 Å². The summed E-state index contributed by atoms with van der Waals surface area (Å²) in [5.41, 5.74) is 4.39. The molecule has 1 aliphatic rings. The third-order valence-corrected chi connectivity index (χ3v) is 5.71. The van der Waals surface area contributed by atoms with Gasteiger partial charge in [-0.2, -0.15) is 4.98 Å². The number of anilines is 2. The van der Waals surface area contributed by atoms with Crippen LogP contribution in [0.2, 0.25) is 0 Å². The normalized spacial score (nSPS) is 16.3. The molecule has 10 heteroatoms. The van der Waals surface area contributed by atoms with Gasteiger partial charge in [0, 0.05) is 49.2 Å². The van der Waals surface area contributed by atoms with Crippen LogP contribution >= 0.6 is 0 Å². The number of carbonyl (C=O) groups is 1. The predicted octanol–water partition coefficient (Wildman–Crippen LogP) is 2.45. The number of hydrogen-bond donors (Lipinski definition) is 2. The summed E-state index contributed by atoms with van der Waals surface area (Å²) in [4.78, 5) is 23.9. The van der Waals surface area contributed by atoms with E-state index >= 15 is 0 Å². The van der Waals surface area contributed by atoms with Gasteiger partial charge >= 0.3 is 0 Å². The van der Waals surface area contributed by atoms with Gasteiger partial charge in [-0.3, -0.25) is 9.20 Å². The van der Waals surface area contributed by atoms with E-state index in [-0.39, 0.29) is 18.6 Å². The molecule has 2 N–H and O–H groups in total. The van der Waals surface area contributed by atoms with Gasteiger partial charge in [-0.15, -0.1) is 0 Å². The number of pyridine rings is 1. The van der Waals surface area contributed by atoms with E-state index < -0.39 is 0 Å². The van der Waals surface area contributed by atoms with Crippen molar-refractivity contribution in [2.75, 3.05) is 36.5 Å². The van der Waals surface area contributed by atoms with E-state index in [0.29, 0.717) is 41.9 Å². The van der Waals surface area contributed by atoms with Crippen molar-refractivity contribution in [1.29, 1.82) is 0 Å². The highest BCUT2D eigenvalue weighted by Crippen LogP contribution is 2.25. The van der Waals surface area contributed by atoms with E-state index in [1.54, 1.807) is 17.5 Å². The van der Waals surface area contributed by atoms with Crippen molar-refractivity contribution in [1.82, 2.24) is 19.5 Å². The van der Waals surface area contributed by atoms with Crippen LogP contribution in [-0.2, 0) is 4.74 Å². The van der Waals surface area contributed by atoms with Gasteiger partial charge in [0.1, 0.15) is 11.3 Å². The van der Waals surface area contributed by atoms with Gasteiger partial charge in [0.05, 0.1) is 25.5 Å². The monoisotopic (exact) mass is 448 g/mol. The molecule has 0 radical (unpaired) electrons. The second-order valence-corrected chi connectivity index (χ2v) is 8.00. The second kappa shape index (κ2) is 8.64. The van der Waals surface area contributed by atoms with E-state index in [2.05, 4.69) is 25.3 Å². The number of aliphatic hydroxyl groups is 1. The molecule has 4 heterocycles. The van der Waals surface area contributed by atoms with Crippen LogP contribution in [0.25, 0.3) is 17.0 Å². The lowest BCUT2D eigenvalue weighted by Gasteiger charge is -2.33. The maximum absolute atomic E-state index is 13.1. The fourth-order valence-electron chi connectivity index (χ4n) is 3.90. The Hall–Kier alpha value is -3.76. The number of amides is 1. The Morgan fingerprint density at radius 3 is 2.94 bits per heavy atom. The van der Waals surface area contributed by atoms with E-state index in [9.17, 15) is 9.90 Å². The zero-order valence-electron chi connectivity index (χ0n) is 18.4. The van der Waals surface area contributed by atoms with E-state index in [4.69, 9.17) is 9.26 Å². The first-order valence-electron chi connectivity index (χ1n) is 10.7. The summed E-state index contributed by atoms with van der Waals surface area (Å²) < 4.78 is 12.3. The number of ether oxygens (including phenoxy) is 1. The van der Waals surface area contributed by atoms with Gasteiger partial charge in [0.2, 0.25) is 11.7 Å². The van der Waals surface area contributed by atoms with Crippen molar-refractivity contribution in [2.45, 2.75) is 20.0 Å². The zero-order chi connectivity index (χ0) is 22.9. The van der Waals surface area contributed by atoms with Crippen molar-refractivity contribution in [3.05, 3.63) is 59.9 Å². The first-order valence-corrected chi connectivity index (χ1v) is 10.7. The molecule has 10 nitrogen and oxygen atoms in total. The number of aromatic nitrogens is 4. The fraction of sp³-hybridized carbons (Fsp3) is 0.304. The molecule has 5 rings (SSSR count). The van der Waals surface area contributed by atoms with Crippen LogP contribution < -0.4 is 10.2 Å². The molecule has 0 saturated carbocycles. The Bertz CT molecular complexity index is 1310. The third kappa shape index (κ3) is 4.18. The Kier molecular flexibility index (Phi) is 5.53. The molecule has 1 atom stereocenters. The Morgan fingerprint density at radius 1 is 1.27 bits per heavy atom. The summed E-state index contributed by atoms with van der Waals surface area (Å²) in [6.45, 7) is 5.53. The number of benzene rings is 1. The van der Waals surface area contributed by atoms with Crippen LogP contribution in [0.1, 0.15) is 21.9 Å². The predicted molar refractivity (Wildman–Crippen MR) is 121 cm³/mol. The average molecular weight is 448 g/mol. The number of fused-ring (bicyclic) bond motifs is 1. The highest BCUT2D eigenvalue weighted by Gasteiger charge is 2.21. The van der Waals surface area contributed by atoms with Gasteiger partial charge in [0.15, 0.2) is 0 Å². The molecule has 1 fully saturated rings. The smallest absolute Gasteiger partial charge is 0.274 e. The van der Waals surface area contributed by atoms with Crippen LogP contribution in [0.3, 0.4) is 0 Å². The van der Waals surface area contributed by atoms with Crippen molar-refractivity contribution in [3.63, 3.8) is 0 Å². The Balaban J connectivity index is 1.38. The molecule has 170 valence electrons. The molecule has 1 saturated heterocycles. The lowest BCUT2D eigenvalue weighted by Crippen LogP contribution is -2.44. The zero-order valence-corrected chi connectivity index (χ0v) is 18.4. The van der Waals surface area contributed by atoms with E-state index in [1.165, 1.54) is 0 Å². The fourth-order valence-corrected chi connectivity index (χ4v) is 3.90. The van der Waals surface area contributed by atoms with Gasteiger partial charge in [-0.1, -0.05) is 17.3 Å². The number of rotatable bonds is 5. The van der Waals surface area contributed by atoms with Crippen LogP contribution in [0.4, 0.5) is 11.4 Å². The molecule has 0 spiro atoms. The molecule has 1 amide bonds. The Morgan fingerprint density at radius 2 is 2.15 bits per heavy atom. The lowest BCUT2D eigenvalue weighted by atomic mass is 10.1. The Labute approximate surface area is 189 Å². The first kappa shape index (κ1) is 21.1. The SMILES string of the molecule is Cc1nc(-c2ccc(C)c(NC(=O)c3cnc4cc(N5CCO[C@@H](CO)C5)ccn34)c2)no1. The topological polar surface area (TPSA) is 118 Å². The average Bonchev–Trinajstić information content (AvgIpc) is 3.46. The lowest BCUT2D eigenvalue weighted by molar-refractivity contribution is 0.00357. The molecular formula is C23H24N6O4. The maximum atomic E-state index is 13.1.